The summed E-state index contributed by atoms with van der Waals surface area (Å²) in [5.41, 5.74) is 0. The van der Waals surface area contributed by atoms with Gasteiger partial charge in [0.05, 0.1) is 13.2 Å². The maximum Gasteiger partial charge on any atom is 0.406 e. The third-order valence-corrected chi connectivity index (χ3v) is 11.3. The van der Waals surface area contributed by atoms with Gasteiger partial charge in [0, 0.05) is 70.7 Å². The molecule has 0 bridgehead atoms. The SMILES string of the molecule is C.CNC(=O)OCC(COC(=O)NC)OCCCC(=O)CCCS.c1ccc(SSCCCCOCCOCCCCSSc2ccccn2)nc1. The molecule has 2 amide bonds. The zero-order valence-electron chi connectivity index (χ0n) is 29.7. The monoisotopic (exact) mass is 822 g/mol. The van der Waals surface area contributed by atoms with Gasteiger partial charge in [-0.3, -0.25) is 4.79 Å². The molecule has 0 saturated heterocycles. The number of carbonyl (C=O) groups excluding carboxylic acids is 3. The van der Waals surface area contributed by atoms with Crippen LogP contribution in [0, 0.1) is 0 Å². The van der Waals surface area contributed by atoms with Gasteiger partial charge in [0.25, 0.3) is 0 Å². The van der Waals surface area contributed by atoms with E-state index in [4.69, 9.17) is 23.7 Å². The van der Waals surface area contributed by atoms with Gasteiger partial charge >= 0.3 is 12.2 Å². The minimum Gasteiger partial charge on any atom is -0.447 e. The van der Waals surface area contributed by atoms with Gasteiger partial charge in [-0.05, 0) is 90.1 Å². The molecule has 2 heterocycles. The van der Waals surface area contributed by atoms with Crippen molar-refractivity contribution >= 4 is 73.8 Å². The number of thiol groups is 1. The van der Waals surface area contributed by atoms with E-state index in [-0.39, 0.29) is 26.4 Å². The zero-order valence-corrected chi connectivity index (χ0v) is 33.8. The number of ether oxygens (including phenoxy) is 5. The molecule has 0 atom stereocenters. The lowest BCUT2D eigenvalue weighted by Gasteiger charge is -2.17. The first-order valence-electron chi connectivity index (χ1n) is 17.0. The molecule has 12 nitrogen and oxygen atoms in total. The van der Waals surface area contributed by atoms with Crippen LogP contribution in [0.15, 0.2) is 58.8 Å². The number of aromatic nitrogens is 2. The minimum absolute atomic E-state index is 0. The molecule has 0 aliphatic carbocycles. The number of carbonyl (C=O) groups is 3. The second-order valence-electron chi connectivity index (χ2n) is 10.4. The Bertz CT molecular complexity index is 1060. The second-order valence-corrected chi connectivity index (χ2v) is 15.8. The summed E-state index contributed by atoms with van der Waals surface area (Å²) < 4.78 is 26.5. The van der Waals surface area contributed by atoms with Gasteiger partial charge in [0.2, 0.25) is 0 Å². The fraction of sp³-hybridized carbons (Fsp3) is 0.629. The maximum atomic E-state index is 11.5. The average Bonchev–Trinajstić information content (AvgIpc) is 3.16. The number of unbranched alkanes of at least 4 members (excludes halogenated alkanes) is 2. The van der Waals surface area contributed by atoms with E-state index in [9.17, 15) is 14.4 Å². The number of hydrogen-bond donors (Lipinski definition) is 3. The van der Waals surface area contributed by atoms with E-state index in [1.807, 2.05) is 70.4 Å². The van der Waals surface area contributed by atoms with E-state index in [0.717, 1.165) is 54.0 Å². The first kappa shape index (κ1) is 50.1. The van der Waals surface area contributed by atoms with Crippen LogP contribution < -0.4 is 10.6 Å². The van der Waals surface area contributed by atoms with Crippen LogP contribution in [-0.2, 0) is 28.5 Å². The fourth-order valence-electron chi connectivity index (χ4n) is 3.60. The van der Waals surface area contributed by atoms with E-state index >= 15 is 0 Å². The van der Waals surface area contributed by atoms with Gasteiger partial charge in [-0.25, -0.2) is 19.6 Å². The van der Waals surface area contributed by atoms with Crippen LogP contribution in [0.2, 0.25) is 0 Å². The van der Waals surface area contributed by atoms with Crippen molar-refractivity contribution in [1.82, 2.24) is 20.6 Å². The molecule has 296 valence electrons. The van der Waals surface area contributed by atoms with Crippen LogP contribution in [-0.4, -0.2) is 112 Å². The molecule has 17 heteroatoms. The van der Waals surface area contributed by atoms with E-state index in [2.05, 4.69) is 33.2 Å². The van der Waals surface area contributed by atoms with Gasteiger partial charge in [-0.15, -0.1) is 0 Å². The zero-order chi connectivity index (χ0) is 37.0. The molecule has 0 aliphatic heterocycles. The molecule has 0 aromatic carbocycles. The Morgan fingerprint density at radius 1 is 0.692 bits per heavy atom. The Kier molecular flexibility index (Phi) is 36.1. The number of pyridine rings is 2. The van der Waals surface area contributed by atoms with Crippen LogP contribution in [0.25, 0.3) is 0 Å². The summed E-state index contributed by atoms with van der Waals surface area (Å²) in [5, 5.41) is 6.77. The van der Waals surface area contributed by atoms with E-state index < -0.39 is 18.3 Å². The fourth-order valence-corrected chi connectivity index (χ4v) is 7.80. The number of ketones is 1. The highest BCUT2D eigenvalue weighted by molar-refractivity contribution is 8.77. The molecule has 0 saturated carbocycles. The second kappa shape index (κ2) is 37.5. The Hall–Kier alpha value is -1.86. The van der Waals surface area contributed by atoms with Crippen molar-refractivity contribution in [1.29, 1.82) is 0 Å². The number of Topliss-reactive ketones (excluding diaryl/α,β-unsaturated/α-hetero) is 1. The third-order valence-electron chi connectivity index (χ3n) is 6.24. The van der Waals surface area contributed by atoms with Gasteiger partial charge in [-0.2, -0.15) is 12.6 Å². The summed E-state index contributed by atoms with van der Waals surface area (Å²) >= 11 is 4.06. The summed E-state index contributed by atoms with van der Waals surface area (Å²) in [4.78, 5) is 42.2. The number of nitrogens with zero attached hydrogens (tertiary/aromatic N) is 2. The molecule has 52 heavy (non-hydrogen) atoms. The van der Waals surface area contributed by atoms with Crippen molar-refractivity contribution in [3.63, 3.8) is 0 Å². The molecule has 2 aromatic rings. The van der Waals surface area contributed by atoms with Crippen molar-refractivity contribution in [3.8, 4) is 0 Å². The normalized spacial score (nSPS) is 10.5. The van der Waals surface area contributed by atoms with Gasteiger partial charge < -0.3 is 34.3 Å². The van der Waals surface area contributed by atoms with Crippen molar-refractivity contribution in [2.45, 2.75) is 74.9 Å². The molecule has 2 rings (SSSR count). The predicted molar refractivity (Wildman–Crippen MR) is 220 cm³/mol. The van der Waals surface area contributed by atoms with Crippen LogP contribution in [0.3, 0.4) is 0 Å². The lowest BCUT2D eigenvalue weighted by molar-refractivity contribution is -0.119. The molecular weight excluding hydrogens is 765 g/mol. The third kappa shape index (κ3) is 31.6. The molecule has 2 aromatic heterocycles. The number of alkyl carbamates (subject to hydrolysis) is 2. The van der Waals surface area contributed by atoms with E-state index in [0.29, 0.717) is 44.8 Å². The van der Waals surface area contributed by atoms with Gasteiger partial charge in [-0.1, -0.05) is 41.1 Å². The van der Waals surface area contributed by atoms with Crippen LogP contribution in [0.4, 0.5) is 9.59 Å². The highest BCUT2D eigenvalue weighted by Gasteiger charge is 2.15. The largest absolute Gasteiger partial charge is 0.447 e. The first-order valence-corrected chi connectivity index (χ1v) is 22.2. The summed E-state index contributed by atoms with van der Waals surface area (Å²) in [5.74, 6) is 3.11. The predicted octanol–water partition coefficient (Wildman–Crippen LogP) is 8.03. The van der Waals surface area contributed by atoms with E-state index in [1.165, 1.54) is 26.9 Å². The summed E-state index contributed by atoms with van der Waals surface area (Å²) in [6.45, 7) is 3.24. The Balaban J connectivity index is 0.00000100. The Morgan fingerprint density at radius 3 is 1.63 bits per heavy atom. The van der Waals surface area contributed by atoms with Crippen molar-refractivity contribution < 1.29 is 38.1 Å². The van der Waals surface area contributed by atoms with Gasteiger partial charge in [0.15, 0.2) is 0 Å². The molecule has 0 aliphatic rings. The molecular formula is C35H58N4O8S5. The maximum absolute atomic E-state index is 11.5. The van der Waals surface area contributed by atoms with Crippen LogP contribution in [0.1, 0.15) is 58.8 Å². The smallest absolute Gasteiger partial charge is 0.406 e. The van der Waals surface area contributed by atoms with Crippen LogP contribution in [0.5, 0.6) is 0 Å². The number of amides is 2. The van der Waals surface area contributed by atoms with Gasteiger partial charge in [0.1, 0.15) is 35.2 Å². The van der Waals surface area contributed by atoms with Crippen molar-refractivity contribution in [2.24, 2.45) is 0 Å². The summed E-state index contributed by atoms with van der Waals surface area (Å²) in [7, 11) is 10.1. The summed E-state index contributed by atoms with van der Waals surface area (Å²) in [6, 6.07) is 12.0. The minimum atomic E-state index is -0.597. The number of hydrogen-bond acceptors (Lipinski definition) is 15. The Morgan fingerprint density at radius 2 is 1.19 bits per heavy atom. The lowest BCUT2D eigenvalue weighted by atomic mass is 10.1. The number of rotatable bonds is 29. The molecule has 2 N–H and O–H groups in total. The highest BCUT2D eigenvalue weighted by atomic mass is 33.1. The highest BCUT2D eigenvalue weighted by Crippen LogP contribution is 2.30. The molecule has 0 radical (unpaired) electrons. The van der Waals surface area contributed by atoms with Crippen molar-refractivity contribution in [3.05, 3.63) is 48.8 Å². The van der Waals surface area contributed by atoms with Crippen LogP contribution >= 0.6 is 55.8 Å². The molecule has 0 unspecified atom stereocenters. The lowest BCUT2D eigenvalue weighted by Crippen LogP contribution is -2.33. The summed E-state index contributed by atoms with van der Waals surface area (Å²) in [6.07, 6.45) is 8.69. The quantitative estimate of drug-likeness (QED) is 0.0413. The molecule has 0 fully saturated rings. The average molecular weight is 823 g/mol. The Labute approximate surface area is 332 Å². The molecule has 0 spiro atoms. The van der Waals surface area contributed by atoms with E-state index in [1.54, 1.807) is 21.6 Å². The first-order chi connectivity index (χ1) is 25.0. The standard InChI is InChI=1S/C20H28N2O2S4.C14H26N2O6S.CH4/c1-3-11-21-19(9-1)27-25-17-7-5-13-23-15-16-24-14-6-8-18-26-28-20-10-2-4-12-22-20;1-15-13(18)21-9-12(10-22-14(19)16-2)20-7-3-5-11(17)6-4-8-23;/h1-4,9-12H,5-8,13-18H2;12,23H,3-10H2,1-2H3,(H,15,18)(H,16,19);1H4. The topological polar surface area (TPSA) is 147 Å². The number of nitrogens with one attached hydrogen (secondary N) is 2. The van der Waals surface area contributed by atoms with Crippen molar-refractivity contribution in [2.75, 3.05) is 77.6 Å².